The molecule has 4 rings (SSSR count). The van der Waals surface area contributed by atoms with Crippen LogP contribution in [0.15, 0.2) is 40.9 Å². The van der Waals surface area contributed by atoms with Gasteiger partial charge in [-0.25, -0.2) is 4.98 Å². The third-order valence-electron chi connectivity index (χ3n) is 5.13. The average molecular weight is 464 g/mol. The van der Waals surface area contributed by atoms with E-state index in [1.807, 2.05) is 19.1 Å². The molecule has 1 aromatic carbocycles. The Kier molecular flexibility index (Phi) is 6.60. The summed E-state index contributed by atoms with van der Waals surface area (Å²) < 4.78 is 16.6. The average Bonchev–Trinajstić information content (AvgIpc) is 3.27. The van der Waals surface area contributed by atoms with E-state index in [1.165, 1.54) is 13.2 Å². The second kappa shape index (κ2) is 9.75. The SMILES string of the molecule is CCOCc1nc(O)c(-c2nnc(Cc3ccc(C)cn3)o2)c(O)c1-c1c(O)cccc1OC. The highest BCUT2D eigenvalue weighted by molar-refractivity contribution is 5.88. The number of nitrogens with zero attached hydrogens (tertiary/aromatic N) is 4. The molecule has 0 radical (unpaired) electrons. The van der Waals surface area contributed by atoms with E-state index in [4.69, 9.17) is 13.9 Å². The second-order valence-corrected chi connectivity index (χ2v) is 7.48. The Morgan fingerprint density at radius 1 is 1.00 bits per heavy atom. The number of aryl methyl sites for hydroxylation is 1. The number of aromatic nitrogens is 4. The number of hydrogen-bond donors (Lipinski definition) is 3. The first-order valence-electron chi connectivity index (χ1n) is 10.6. The lowest BCUT2D eigenvalue weighted by molar-refractivity contribution is 0.131. The monoisotopic (exact) mass is 464 g/mol. The molecule has 0 fully saturated rings. The number of pyridine rings is 2. The van der Waals surface area contributed by atoms with Gasteiger partial charge in [-0.1, -0.05) is 12.1 Å². The molecular weight excluding hydrogens is 440 g/mol. The van der Waals surface area contributed by atoms with Crippen LogP contribution in [0.25, 0.3) is 22.6 Å². The molecule has 3 heterocycles. The smallest absolute Gasteiger partial charge is 0.257 e. The Morgan fingerprint density at radius 3 is 2.53 bits per heavy atom. The third kappa shape index (κ3) is 4.48. The summed E-state index contributed by atoms with van der Waals surface area (Å²) in [6.07, 6.45) is 2.00. The van der Waals surface area contributed by atoms with Crippen LogP contribution in [0.5, 0.6) is 23.1 Å². The molecule has 0 atom stereocenters. The summed E-state index contributed by atoms with van der Waals surface area (Å²) >= 11 is 0. The number of benzene rings is 1. The highest BCUT2D eigenvalue weighted by Crippen LogP contribution is 2.49. The normalized spacial score (nSPS) is 11.0. The van der Waals surface area contributed by atoms with E-state index in [0.29, 0.717) is 12.4 Å². The highest BCUT2D eigenvalue weighted by Gasteiger charge is 2.28. The van der Waals surface area contributed by atoms with E-state index < -0.39 is 11.6 Å². The van der Waals surface area contributed by atoms with E-state index in [0.717, 1.165) is 11.3 Å². The maximum atomic E-state index is 11.3. The maximum absolute atomic E-state index is 11.3. The zero-order chi connectivity index (χ0) is 24.2. The predicted octanol–water partition coefficient (Wildman–Crippen LogP) is 3.75. The fraction of sp³-hybridized carbons (Fsp3) is 0.250. The summed E-state index contributed by atoms with van der Waals surface area (Å²) in [5.41, 5.74) is 2.08. The Bertz CT molecular complexity index is 1300. The summed E-state index contributed by atoms with van der Waals surface area (Å²) in [6, 6.07) is 8.46. The van der Waals surface area contributed by atoms with Gasteiger partial charge in [-0.15, -0.1) is 10.2 Å². The molecule has 176 valence electrons. The minimum Gasteiger partial charge on any atom is -0.507 e. The molecule has 0 aliphatic rings. The Labute approximate surface area is 195 Å². The summed E-state index contributed by atoms with van der Waals surface area (Å²) in [5, 5.41) is 40.5. The minimum atomic E-state index is -0.519. The van der Waals surface area contributed by atoms with Gasteiger partial charge in [-0.05, 0) is 37.6 Å². The topological polar surface area (TPSA) is 144 Å². The first-order chi connectivity index (χ1) is 16.4. The van der Waals surface area contributed by atoms with Crippen molar-refractivity contribution in [2.75, 3.05) is 13.7 Å². The van der Waals surface area contributed by atoms with Gasteiger partial charge in [0.2, 0.25) is 11.8 Å². The fourth-order valence-electron chi connectivity index (χ4n) is 3.49. The largest absolute Gasteiger partial charge is 0.507 e. The van der Waals surface area contributed by atoms with E-state index in [2.05, 4.69) is 20.2 Å². The summed E-state index contributed by atoms with van der Waals surface area (Å²) in [5.74, 6) is -0.682. The van der Waals surface area contributed by atoms with Crippen molar-refractivity contribution in [2.24, 2.45) is 0 Å². The summed E-state index contributed by atoms with van der Waals surface area (Å²) in [6.45, 7) is 4.09. The summed E-state index contributed by atoms with van der Waals surface area (Å²) in [4.78, 5) is 8.53. The van der Waals surface area contributed by atoms with Crippen molar-refractivity contribution in [3.63, 3.8) is 0 Å². The molecular formula is C24H24N4O6. The molecule has 3 aromatic heterocycles. The van der Waals surface area contributed by atoms with E-state index in [9.17, 15) is 15.3 Å². The number of hydrogen-bond acceptors (Lipinski definition) is 10. The molecule has 0 bridgehead atoms. The van der Waals surface area contributed by atoms with Crippen molar-refractivity contribution in [3.05, 3.63) is 59.4 Å². The number of phenolic OH excluding ortho intramolecular Hbond substituents is 1. The van der Waals surface area contributed by atoms with Crippen LogP contribution in [0.4, 0.5) is 0 Å². The number of aromatic hydroxyl groups is 3. The van der Waals surface area contributed by atoms with E-state index in [-0.39, 0.29) is 52.9 Å². The Hall–Kier alpha value is -4.18. The van der Waals surface area contributed by atoms with Gasteiger partial charge in [0, 0.05) is 18.5 Å². The van der Waals surface area contributed by atoms with Gasteiger partial charge in [-0.3, -0.25) is 4.98 Å². The predicted molar refractivity (Wildman–Crippen MR) is 122 cm³/mol. The maximum Gasteiger partial charge on any atom is 0.257 e. The standard InChI is InChI=1S/C24H24N4O6/c1-4-33-12-15-19(20-16(29)6-5-7-17(20)32-3)22(30)21(23(31)26-15)24-28-27-18(34-24)10-14-9-8-13(2)11-25-14/h5-9,11,29H,4,10,12H2,1-3H3,(H2,26,30,31). The Morgan fingerprint density at radius 2 is 1.82 bits per heavy atom. The molecule has 0 aliphatic heterocycles. The molecule has 3 N–H and O–H groups in total. The lowest BCUT2D eigenvalue weighted by Gasteiger charge is -2.17. The second-order valence-electron chi connectivity index (χ2n) is 7.48. The molecule has 0 unspecified atom stereocenters. The molecule has 10 heteroatoms. The third-order valence-corrected chi connectivity index (χ3v) is 5.13. The molecule has 0 amide bonds. The molecule has 0 saturated carbocycles. The lowest BCUT2D eigenvalue weighted by atomic mass is 9.98. The lowest BCUT2D eigenvalue weighted by Crippen LogP contribution is -2.02. The fourth-order valence-corrected chi connectivity index (χ4v) is 3.49. The first kappa shape index (κ1) is 23.0. The van der Waals surface area contributed by atoms with Gasteiger partial charge in [0.1, 0.15) is 22.8 Å². The molecule has 0 saturated heterocycles. The molecule has 4 aromatic rings. The van der Waals surface area contributed by atoms with Crippen LogP contribution in [-0.4, -0.2) is 49.2 Å². The number of phenols is 1. The van der Waals surface area contributed by atoms with Crippen LogP contribution in [0.2, 0.25) is 0 Å². The number of methoxy groups -OCH3 is 1. The molecule has 34 heavy (non-hydrogen) atoms. The number of rotatable bonds is 8. The van der Waals surface area contributed by atoms with Crippen LogP contribution in [-0.2, 0) is 17.8 Å². The number of ether oxygens (including phenoxy) is 2. The van der Waals surface area contributed by atoms with Crippen LogP contribution in [0.1, 0.15) is 29.8 Å². The van der Waals surface area contributed by atoms with Crippen LogP contribution in [0.3, 0.4) is 0 Å². The van der Waals surface area contributed by atoms with Gasteiger partial charge >= 0.3 is 0 Å². The Balaban J connectivity index is 1.83. The van der Waals surface area contributed by atoms with Crippen LogP contribution < -0.4 is 4.74 Å². The quantitative estimate of drug-likeness (QED) is 0.352. The van der Waals surface area contributed by atoms with Gasteiger partial charge in [0.05, 0.1) is 37.0 Å². The minimum absolute atomic E-state index is 0.0289. The van der Waals surface area contributed by atoms with E-state index in [1.54, 1.807) is 25.3 Å². The van der Waals surface area contributed by atoms with Crippen molar-refractivity contribution in [2.45, 2.75) is 26.9 Å². The van der Waals surface area contributed by atoms with Crippen molar-refractivity contribution in [3.8, 4) is 45.7 Å². The van der Waals surface area contributed by atoms with Crippen molar-refractivity contribution >= 4 is 0 Å². The van der Waals surface area contributed by atoms with Crippen LogP contribution >= 0.6 is 0 Å². The van der Waals surface area contributed by atoms with Gasteiger partial charge in [-0.2, -0.15) is 0 Å². The van der Waals surface area contributed by atoms with Crippen molar-refractivity contribution < 1.29 is 29.2 Å². The van der Waals surface area contributed by atoms with Crippen molar-refractivity contribution in [1.82, 2.24) is 20.2 Å². The molecule has 0 spiro atoms. The zero-order valence-corrected chi connectivity index (χ0v) is 18.9. The molecule has 0 aliphatic carbocycles. The van der Waals surface area contributed by atoms with Gasteiger partial charge in [0.15, 0.2) is 0 Å². The van der Waals surface area contributed by atoms with Gasteiger partial charge in [0.25, 0.3) is 5.89 Å². The van der Waals surface area contributed by atoms with Crippen molar-refractivity contribution in [1.29, 1.82) is 0 Å². The van der Waals surface area contributed by atoms with E-state index >= 15 is 0 Å². The summed E-state index contributed by atoms with van der Waals surface area (Å²) in [7, 11) is 1.44. The molecule has 10 nitrogen and oxygen atoms in total. The zero-order valence-electron chi connectivity index (χ0n) is 18.9. The highest BCUT2D eigenvalue weighted by atomic mass is 16.5. The van der Waals surface area contributed by atoms with Gasteiger partial charge < -0.3 is 29.2 Å². The first-order valence-corrected chi connectivity index (χ1v) is 10.6. The van der Waals surface area contributed by atoms with Crippen LogP contribution in [0, 0.1) is 6.92 Å².